The van der Waals surface area contributed by atoms with Gasteiger partial charge in [-0.2, -0.15) is 0 Å². The quantitative estimate of drug-likeness (QED) is 0.483. The molecule has 3 rings (SSSR count). The Labute approximate surface area is 189 Å². The van der Waals surface area contributed by atoms with Crippen molar-refractivity contribution in [2.24, 2.45) is 0 Å². The van der Waals surface area contributed by atoms with Crippen molar-refractivity contribution in [3.8, 4) is 0 Å². The molecule has 6 nitrogen and oxygen atoms in total. The minimum absolute atomic E-state index is 0.0961. The van der Waals surface area contributed by atoms with E-state index >= 15 is 0 Å². The lowest BCUT2D eigenvalue weighted by Gasteiger charge is -2.19. The van der Waals surface area contributed by atoms with Crippen molar-refractivity contribution in [2.45, 2.75) is 12.5 Å². The van der Waals surface area contributed by atoms with Crippen LogP contribution in [0, 0.1) is 0 Å². The monoisotopic (exact) mass is 455 g/mol. The van der Waals surface area contributed by atoms with Crippen LogP contribution in [0.4, 0.5) is 0 Å². The number of rotatable bonds is 6. The molecule has 0 saturated carbocycles. The Bertz CT molecular complexity index is 1070. The van der Waals surface area contributed by atoms with Gasteiger partial charge in [0.25, 0.3) is 11.8 Å². The van der Waals surface area contributed by atoms with Crippen LogP contribution in [0.15, 0.2) is 78.9 Å². The fourth-order valence-corrected chi connectivity index (χ4v) is 3.20. The number of benzene rings is 3. The standard InChI is InChI=1S/C23H19Cl2N3O3/c24-17-12-10-16(11-13-17)22(30)28-27-21(29)14-20(15-6-2-1-3-7-15)26-23(31)18-8-4-5-9-19(18)25/h1-13,20H,14H2,(H,26,31)(H,27,29)(H,28,30)/t20-/m0/s1. The SMILES string of the molecule is O=C(C[C@H](NC(=O)c1ccccc1Cl)c1ccccc1)NNC(=O)c1ccc(Cl)cc1. The minimum Gasteiger partial charge on any atom is -0.345 e. The summed E-state index contributed by atoms with van der Waals surface area (Å²) >= 11 is 11.9. The van der Waals surface area contributed by atoms with Gasteiger partial charge in [-0.1, -0.05) is 65.7 Å². The van der Waals surface area contributed by atoms with Crippen molar-refractivity contribution in [3.05, 3.63) is 106 Å². The number of halogens is 2. The molecule has 0 aromatic heterocycles. The third-order valence-corrected chi connectivity index (χ3v) is 5.02. The van der Waals surface area contributed by atoms with E-state index in [-0.39, 0.29) is 6.42 Å². The third kappa shape index (κ3) is 6.31. The minimum atomic E-state index is -0.627. The van der Waals surface area contributed by atoms with Crippen LogP contribution in [0.3, 0.4) is 0 Å². The Morgan fingerprint density at radius 1 is 0.742 bits per heavy atom. The highest BCUT2D eigenvalue weighted by Gasteiger charge is 2.20. The second kappa shape index (κ2) is 10.6. The lowest BCUT2D eigenvalue weighted by atomic mass is 10.0. The molecule has 0 aliphatic carbocycles. The van der Waals surface area contributed by atoms with Crippen molar-refractivity contribution in [3.63, 3.8) is 0 Å². The molecule has 0 bridgehead atoms. The molecule has 3 N–H and O–H groups in total. The van der Waals surface area contributed by atoms with Gasteiger partial charge in [-0.15, -0.1) is 0 Å². The van der Waals surface area contributed by atoms with Crippen LogP contribution >= 0.6 is 23.2 Å². The topological polar surface area (TPSA) is 87.3 Å². The lowest BCUT2D eigenvalue weighted by molar-refractivity contribution is -0.122. The van der Waals surface area contributed by atoms with Gasteiger partial charge in [0.05, 0.1) is 23.0 Å². The molecule has 158 valence electrons. The van der Waals surface area contributed by atoms with Crippen LogP contribution in [0.5, 0.6) is 0 Å². The lowest BCUT2D eigenvalue weighted by Crippen LogP contribution is -2.43. The molecule has 0 aliphatic heterocycles. The molecule has 31 heavy (non-hydrogen) atoms. The van der Waals surface area contributed by atoms with Gasteiger partial charge in [0, 0.05) is 10.6 Å². The summed E-state index contributed by atoms with van der Waals surface area (Å²) < 4.78 is 0. The van der Waals surface area contributed by atoms with Gasteiger partial charge in [0.1, 0.15) is 0 Å². The van der Waals surface area contributed by atoms with Crippen molar-refractivity contribution < 1.29 is 14.4 Å². The molecular weight excluding hydrogens is 437 g/mol. The van der Waals surface area contributed by atoms with Gasteiger partial charge in [0.15, 0.2) is 0 Å². The number of hydrogen-bond donors (Lipinski definition) is 3. The number of amides is 3. The fourth-order valence-electron chi connectivity index (χ4n) is 2.86. The van der Waals surface area contributed by atoms with Crippen molar-refractivity contribution in [1.82, 2.24) is 16.2 Å². The first-order valence-corrected chi connectivity index (χ1v) is 10.1. The smallest absolute Gasteiger partial charge is 0.269 e. The first kappa shape index (κ1) is 22.3. The molecule has 3 aromatic rings. The molecule has 3 amide bonds. The summed E-state index contributed by atoms with van der Waals surface area (Å²) in [6.07, 6.45) is -0.0961. The molecular formula is C23H19Cl2N3O3. The maximum Gasteiger partial charge on any atom is 0.269 e. The molecule has 0 unspecified atom stereocenters. The van der Waals surface area contributed by atoms with E-state index in [9.17, 15) is 14.4 Å². The molecule has 0 fully saturated rings. The summed E-state index contributed by atoms with van der Waals surface area (Å²) in [6, 6.07) is 21.3. The van der Waals surface area contributed by atoms with Gasteiger partial charge < -0.3 is 5.32 Å². The molecule has 0 heterocycles. The second-order valence-electron chi connectivity index (χ2n) is 6.63. The molecule has 0 aliphatic rings. The van der Waals surface area contributed by atoms with Crippen LogP contribution in [-0.2, 0) is 4.79 Å². The van der Waals surface area contributed by atoms with Crippen molar-refractivity contribution >= 4 is 40.9 Å². The zero-order chi connectivity index (χ0) is 22.2. The Morgan fingerprint density at radius 3 is 2.06 bits per heavy atom. The predicted molar refractivity (Wildman–Crippen MR) is 120 cm³/mol. The van der Waals surface area contributed by atoms with E-state index in [4.69, 9.17) is 23.2 Å². The average Bonchev–Trinajstić information content (AvgIpc) is 2.78. The summed E-state index contributed by atoms with van der Waals surface area (Å²) in [5.74, 6) is -1.37. The first-order valence-electron chi connectivity index (χ1n) is 9.39. The van der Waals surface area contributed by atoms with Crippen LogP contribution < -0.4 is 16.2 Å². The summed E-state index contributed by atoms with van der Waals surface area (Å²) in [6.45, 7) is 0. The second-order valence-corrected chi connectivity index (χ2v) is 7.47. The van der Waals surface area contributed by atoms with E-state index in [0.29, 0.717) is 21.2 Å². The van der Waals surface area contributed by atoms with Gasteiger partial charge in [-0.25, -0.2) is 0 Å². The maximum atomic E-state index is 12.7. The van der Waals surface area contributed by atoms with Crippen molar-refractivity contribution in [1.29, 1.82) is 0 Å². The number of carbonyl (C=O) groups excluding carboxylic acids is 3. The van der Waals surface area contributed by atoms with E-state index < -0.39 is 23.8 Å². The average molecular weight is 456 g/mol. The molecule has 1 atom stereocenters. The van der Waals surface area contributed by atoms with E-state index in [1.807, 2.05) is 18.2 Å². The normalized spacial score (nSPS) is 11.3. The number of hydrazine groups is 1. The number of hydrogen-bond acceptors (Lipinski definition) is 3. The highest BCUT2D eigenvalue weighted by molar-refractivity contribution is 6.33. The molecule has 0 radical (unpaired) electrons. The third-order valence-electron chi connectivity index (χ3n) is 4.44. The summed E-state index contributed by atoms with van der Waals surface area (Å²) in [4.78, 5) is 37.3. The Morgan fingerprint density at radius 2 is 1.39 bits per heavy atom. The van der Waals surface area contributed by atoms with Crippen LogP contribution in [0.25, 0.3) is 0 Å². The summed E-state index contributed by atoms with van der Waals surface area (Å²) in [5.41, 5.74) is 6.11. The zero-order valence-corrected chi connectivity index (χ0v) is 17.8. The highest BCUT2D eigenvalue weighted by atomic mass is 35.5. The molecule has 0 spiro atoms. The highest BCUT2D eigenvalue weighted by Crippen LogP contribution is 2.20. The number of nitrogens with one attached hydrogen (secondary N) is 3. The van der Waals surface area contributed by atoms with E-state index in [1.54, 1.807) is 60.7 Å². The summed E-state index contributed by atoms with van der Waals surface area (Å²) in [5, 5.41) is 3.65. The van der Waals surface area contributed by atoms with Gasteiger partial charge in [0.2, 0.25) is 5.91 Å². The van der Waals surface area contributed by atoms with E-state index in [2.05, 4.69) is 16.2 Å². The van der Waals surface area contributed by atoms with Gasteiger partial charge in [-0.05, 0) is 42.0 Å². The van der Waals surface area contributed by atoms with Crippen LogP contribution in [-0.4, -0.2) is 17.7 Å². The van der Waals surface area contributed by atoms with E-state index in [1.165, 1.54) is 0 Å². The zero-order valence-electron chi connectivity index (χ0n) is 16.3. The predicted octanol–water partition coefficient (Wildman–Crippen LogP) is 4.32. The Balaban J connectivity index is 1.66. The first-order chi connectivity index (χ1) is 14.9. The Kier molecular flexibility index (Phi) is 7.65. The molecule has 3 aromatic carbocycles. The van der Waals surface area contributed by atoms with Crippen LogP contribution in [0.1, 0.15) is 38.7 Å². The summed E-state index contributed by atoms with van der Waals surface area (Å²) in [7, 11) is 0. The largest absolute Gasteiger partial charge is 0.345 e. The molecule has 0 saturated heterocycles. The number of carbonyl (C=O) groups is 3. The molecule has 8 heteroatoms. The Hall–Kier alpha value is -3.35. The van der Waals surface area contributed by atoms with Gasteiger partial charge in [-0.3, -0.25) is 25.2 Å². The van der Waals surface area contributed by atoms with Crippen molar-refractivity contribution in [2.75, 3.05) is 0 Å². The van der Waals surface area contributed by atoms with E-state index in [0.717, 1.165) is 5.56 Å². The van der Waals surface area contributed by atoms with Crippen LogP contribution in [0.2, 0.25) is 10.0 Å². The van der Waals surface area contributed by atoms with Gasteiger partial charge >= 0.3 is 0 Å². The maximum absolute atomic E-state index is 12.7. The fraction of sp³-hybridized carbons (Fsp3) is 0.0870.